The molecule has 2 N–H and O–H groups in total. The number of carbonyl (C=O) groups excluding carboxylic acids is 2. The molecule has 3 rings (SSSR count). The van der Waals surface area contributed by atoms with Gasteiger partial charge in [-0.25, -0.2) is 14.8 Å². The van der Waals surface area contributed by atoms with Gasteiger partial charge in [-0.1, -0.05) is 18.2 Å². The normalized spacial score (nSPS) is 9.86. The number of aromatic nitrogens is 2. The predicted molar refractivity (Wildman–Crippen MR) is 102 cm³/mol. The molecule has 0 spiro atoms. The van der Waals surface area contributed by atoms with Crippen molar-refractivity contribution in [3.63, 3.8) is 0 Å². The van der Waals surface area contributed by atoms with Crippen molar-refractivity contribution in [2.45, 2.75) is 0 Å². The van der Waals surface area contributed by atoms with Gasteiger partial charge in [0.1, 0.15) is 5.69 Å². The first-order valence-corrected chi connectivity index (χ1v) is 8.19. The summed E-state index contributed by atoms with van der Waals surface area (Å²) in [7, 11) is 1.27. The molecular formula is C20H15N5O3. The lowest BCUT2D eigenvalue weighted by Crippen LogP contribution is -2.17. The van der Waals surface area contributed by atoms with Crippen molar-refractivity contribution in [3.8, 4) is 6.07 Å². The molecular weight excluding hydrogens is 358 g/mol. The van der Waals surface area contributed by atoms with Crippen molar-refractivity contribution in [1.29, 1.82) is 5.26 Å². The Morgan fingerprint density at radius 1 is 1.11 bits per heavy atom. The predicted octanol–water partition coefficient (Wildman–Crippen LogP) is 3.13. The summed E-state index contributed by atoms with van der Waals surface area (Å²) >= 11 is 0. The van der Waals surface area contributed by atoms with Gasteiger partial charge in [0.15, 0.2) is 0 Å². The second-order valence-corrected chi connectivity index (χ2v) is 5.57. The SMILES string of the molecule is COC(=O)c1ccccc1NC(=O)c1ccnc(Nc2cccc(C#N)c2)n1. The van der Waals surface area contributed by atoms with Gasteiger partial charge in [0.25, 0.3) is 5.91 Å². The lowest BCUT2D eigenvalue weighted by molar-refractivity contribution is 0.0602. The maximum atomic E-state index is 12.6. The van der Waals surface area contributed by atoms with Crippen LogP contribution in [-0.2, 0) is 4.74 Å². The van der Waals surface area contributed by atoms with Crippen molar-refractivity contribution in [2.75, 3.05) is 17.7 Å². The van der Waals surface area contributed by atoms with E-state index in [2.05, 4.69) is 20.6 Å². The van der Waals surface area contributed by atoms with Crippen LogP contribution in [0.4, 0.5) is 17.3 Å². The molecule has 0 radical (unpaired) electrons. The number of hydrogen-bond acceptors (Lipinski definition) is 7. The van der Waals surface area contributed by atoms with Gasteiger partial charge in [0.05, 0.1) is 30.0 Å². The quantitative estimate of drug-likeness (QED) is 0.660. The van der Waals surface area contributed by atoms with E-state index >= 15 is 0 Å². The lowest BCUT2D eigenvalue weighted by atomic mass is 10.1. The van der Waals surface area contributed by atoms with Crippen LogP contribution < -0.4 is 10.6 Å². The number of amides is 1. The fraction of sp³-hybridized carbons (Fsp3) is 0.0500. The van der Waals surface area contributed by atoms with Gasteiger partial charge in [-0.15, -0.1) is 0 Å². The first-order chi connectivity index (χ1) is 13.6. The molecule has 0 fully saturated rings. The number of methoxy groups -OCH3 is 1. The number of anilines is 3. The molecule has 0 unspecified atom stereocenters. The summed E-state index contributed by atoms with van der Waals surface area (Å²) in [6, 6.07) is 16.8. The summed E-state index contributed by atoms with van der Waals surface area (Å²) in [4.78, 5) is 32.6. The van der Waals surface area contributed by atoms with Crippen LogP contribution in [-0.4, -0.2) is 29.0 Å². The molecule has 0 aliphatic rings. The van der Waals surface area contributed by atoms with Crippen LogP contribution in [0.1, 0.15) is 26.4 Å². The largest absolute Gasteiger partial charge is 0.465 e. The summed E-state index contributed by atoms with van der Waals surface area (Å²) in [5.41, 5.74) is 1.76. The van der Waals surface area contributed by atoms with E-state index in [0.29, 0.717) is 16.9 Å². The molecule has 1 heterocycles. The van der Waals surface area contributed by atoms with E-state index in [1.807, 2.05) is 6.07 Å². The number of hydrogen-bond donors (Lipinski definition) is 2. The standard InChI is InChI=1S/C20H15N5O3/c1-28-19(27)15-7-2-3-8-16(15)24-18(26)17-9-10-22-20(25-17)23-14-6-4-5-13(11-14)12-21/h2-11H,1H3,(H,24,26)(H,22,23,25). The molecule has 28 heavy (non-hydrogen) atoms. The highest BCUT2D eigenvalue weighted by Gasteiger charge is 2.15. The fourth-order valence-corrected chi connectivity index (χ4v) is 2.41. The summed E-state index contributed by atoms with van der Waals surface area (Å²) in [6.45, 7) is 0. The monoisotopic (exact) mass is 373 g/mol. The average molecular weight is 373 g/mol. The zero-order valence-electron chi connectivity index (χ0n) is 14.8. The van der Waals surface area contributed by atoms with Crippen LogP contribution in [0.2, 0.25) is 0 Å². The van der Waals surface area contributed by atoms with Crippen LogP contribution in [0.5, 0.6) is 0 Å². The van der Waals surface area contributed by atoms with Gasteiger partial charge >= 0.3 is 5.97 Å². The Balaban J connectivity index is 1.80. The van der Waals surface area contributed by atoms with E-state index in [0.717, 1.165) is 0 Å². The van der Waals surface area contributed by atoms with Gasteiger partial charge in [0, 0.05) is 11.9 Å². The molecule has 3 aromatic rings. The van der Waals surface area contributed by atoms with Crippen molar-refractivity contribution >= 4 is 29.2 Å². The summed E-state index contributed by atoms with van der Waals surface area (Å²) in [5, 5.41) is 14.6. The molecule has 1 aromatic heterocycles. The van der Waals surface area contributed by atoms with Crippen LogP contribution in [0.25, 0.3) is 0 Å². The van der Waals surface area contributed by atoms with E-state index in [4.69, 9.17) is 10.00 Å². The second-order valence-electron chi connectivity index (χ2n) is 5.57. The molecule has 0 aliphatic carbocycles. The van der Waals surface area contributed by atoms with Gasteiger partial charge in [-0.2, -0.15) is 5.26 Å². The van der Waals surface area contributed by atoms with Gasteiger partial charge < -0.3 is 15.4 Å². The van der Waals surface area contributed by atoms with Gasteiger partial charge in [0.2, 0.25) is 5.95 Å². The molecule has 138 valence electrons. The Bertz CT molecular complexity index is 1080. The molecule has 2 aromatic carbocycles. The molecule has 0 saturated heterocycles. The first-order valence-electron chi connectivity index (χ1n) is 8.19. The molecule has 0 bridgehead atoms. The third-order valence-corrected chi connectivity index (χ3v) is 3.72. The van der Waals surface area contributed by atoms with Crippen molar-refractivity contribution in [1.82, 2.24) is 9.97 Å². The number of para-hydroxylation sites is 1. The maximum Gasteiger partial charge on any atom is 0.339 e. The summed E-state index contributed by atoms with van der Waals surface area (Å²) in [6.07, 6.45) is 1.44. The van der Waals surface area contributed by atoms with E-state index in [1.54, 1.807) is 48.5 Å². The van der Waals surface area contributed by atoms with Crippen molar-refractivity contribution in [3.05, 3.63) is 77.6 Å². The van der Waals surface area contributed by atoms with E-state index in [9.17, 15) is 9.59 Å². The number of nitriles is 1. The minimum Gasteiger partial charge on any atom is -0.465 e. The fourth-order valence-electron chi connectivity index (χ4n) is 2.41. The Morgan fingerprint density at radius 3 is 2.71 bits per heavy atom. The lowest BCUT2D eigenvalue weighted by Gasteiger charge is -2.10. The third kappa shape index (κ3) is 4.28. The molecule has 8 heteroatoms. The number of nitrogens with zero attached hydrogens (tertiary/aromatic N) is 3. The molecule has 1 amide bonds. The molecule has 0 aliphatic heterocycles. The maximum absolute atomic E-state index is 12.6. The third-order valence-electron chi connectivity index (χ3n) is 3.72. The van der Waals surface area contributed by atoms with Crippen LogP contribution in [0, 0.1) is 11.3 Å². The summed E-state index contributed by atoms with van der Waals surface area (Å²) in [5.74, 6) is -0.866. The highest BCUT2D eigenvalue weighted by atomic mass is 16.5. The zero-order chi connectivity index (χ0) is 19.9. The number of benzene rings is 2. The Morgan fingerprint density at radius 2 is 1.93 bits per heavy atom. The smallest absolute Gasteiger partial charge is 0.339 e. The van der Waals surface area contributed by atoms with Crippen LogP contribution >= 0.6 is 0 Å². The van der Waals surface area contributed by atoms with Crippen LogP contribution in [0.15, 0.2) is 60.8 Å². The number of rotatable bonds is 5. The van der Waals surface area contributed by atoms with Crippen LogP contribution in [0.3, 0.4) is 0 Å². The highest BCUT2D eigenvalue weighted by Crippen LogP contribution is 2.18. The second kappa shape index (κ2) is 8.42. The molecule has 0 saturated carbocycles. The Hall–Kier alpha value is -4.25. The minimum atomic E-state index is -0.557. The minimum absolute atomic E-state index is 0.105. The van der Waals surface area contributed by atoms with Crippen molar-refractivity contribution < 1.29 is 14.3 Å². The number of carbonyl (C=O) groups is 2. The average Bonchev–Trinajstić information content (AvgIpc) is 2.74. The topological polar surface area (TPSA) is 117 Å². The Kier molecular flexibility index (Phi) is 5.58. The molecule has 0 atom stereocenters. The van der Waals surface area contributed by atoms with Crippen molar-refractivity contribution in [2.24, 2.45) is 0 Å². The first kappa shape index (κ1) is 18.5. The number of nitrogens with one attached hydrogen (secondary N) is 2. The Labute approximate surface area is 160 Å². The van der Waals surface area contributed by atoms with E-state index in [1.165, 1.54) is 19.4 Å². The number of esters is 1. The zero-order valence-corrected chi connectivity index (χ0v) is 14.8. The van der Waals surface area contributed by atoms with E-state index < -0.39 is 11.9 Å². The van der Waals surface area contributed by atoms with Gasteiger partial charge in [-0.05, 0) is 36.4 Å². The number of ether oxygens (including phenoxy) is 1. The van der Waals surface area contributed by atoms with E-state index in [-0.39, 0.29) is 17.2 Å². The molecule has 8 nitrogen and oxygen atoms in total. The summed E-state index contributed by atoms with van der Waals surface area (Å²) < 4.78 is 4.72. The highest BCUT2D eigenvalue weighted by molar-refractivity contribution is 6.07. The van der Waals surface area contributed by atoms with Gasteiger partial charge in [-0.3, -0.25) is 4.79 Å².